The molecule has 1 aromatic rings. The van der Waals surface area contributed by atoms with Crippen molar-refractivity contribution in [2.24, 2.45) is 22.6 Å². The van der Waals surface area contributed by atoms with E-state index in [9.17, 15) is 4.39 Å². The molecule has 1 aromatic carbocycles. The zero-order valence-corrected chi connectivity index (χ0v) is 13.4. The molecule has 0 saturated heterocycles. The van der Waals surface area contributed by atoms with Crippen LogP contribution in [-0.2, 0) is 0 Å². The van der Waals surface area contributed by atoms with Crippen LogP contribution in [-0.4, -0.2) is 18.0 Å². The van der Waals surface area contributed by atoms with Crippen LogP contribution >= 0.6 is 0 Å². The van der Waals surface area contributed by atoms with Crippen molar-refractivity contribution in [3.8, 4) is 0 Å². The molecule has 3 nitrogen and oxygen atoms in total. The van der Waals surface area contributed by atoms with Crippen molar-refractivity contribution < 1.29 is 4.39 Å². The summed E-state index contributed by atoms with van der Waals surface area (Å²) in [6.07, 6.45) is 2.04. The summed E-state index contributed by atoms with van der Waals surface area (Å²) in [4.78, 5) is 6.62. The van der Waals surface area contributed by atoms with E-state index in [2.05, 4.69) is 37.6 Å². The maximum absolute atomic E-state index is 13.2. The van der Waals surface area contributed by atoms with Gasteiger partial charge in [0.05, 0.1) is 12.1 Å². The lowest BCUT2D eigenvalue weighted by Crippen LogP contribution is -2.53. The Morgan fingerprint density at radius 1 is 1.14 bits per heavy atom. The van der Waals surface area contributed by atoms with Crippen molar-refractivity contribution >= 4 is 11.6 Å². The number of rotatable bonds is 5. The average Bonchev–Trinajstić information content (AvgIpc) is 2.66. The third kappa shape index (κ3) is 3.36. The third-order valence-corrected chi connectivity index (χ3v) is 3.90. The maximum atomic E-state index is 13.2. The molecule has 0 fully saturated rings. The Morgan fingerprint density at radius 3 is 2.14 bits per heavy atom. The second-order valence-electron chi connectivity index (χ2n) is 6.91. The van der Waals surface area contributed by atoms with Crippen LogP contribution in [0.25, 0.3) is 0 Å². The summed E-state index contributed by atoms with van der Waals surface area (Å²) in [6.45, 7) is 9.60. The molecule has 0 bridgehead atoms. The average molecular weight is 291 g/mol. The van der Waals surface area contributed by atoms with Gasteiger partial charge in [-0.3, -0.25) is 4.99 Å². The highest BCUT2D eigenvalue weighted by atomic mass is 19.1. The first-order chi connectivity index (χ1) is 9.84. The van der Waals surface area contributed by atoms with Crippen LogP contribution in [0.15, 0.2) is 29.3 Å². The number of guanidine groups is 1. The number of benzene rings is 1. The molecule has 0 aliphatic carbocycles. The van der Waals surface area contributed by atoms with E-state index >= 15 is 0 Å². The van der Waals surface area contributed by atoms with Gasteiger partial charge in [0.2, 0.25) is 0 Å². The minimum absolute atomic E-state index is 0.0930. The van der Waals surface area contributed by atoms with Gasteiger partial charge in [-0.2, -0.15) is 0 Å². The molecule has 1 aliphatic heterocycles. The summed E-state index contributed by atoms with van der Waals surface area (Å²) in [5.74, 6) is 1.41. The van der Waals surface area contributed by atoms with Crippen LogP contribution in [0.4, 0.5) is 10.1 Å². The highest BCUT2D eigenvalue weighted by Gasteiger charge is 2.43. The van der Waals surface area contributed by atoms with Crippen LogP contribution in [0.3, 0.4) is 0 Å². The molecule has 2 N–H and O–H groups in total. The predicted molar refractivity (Wildman–Crippen MR) is 87.0 cm³/mol. The van der Waals surface area contributed by atoms with E-state index in [1.165, 1.54) is 12.1 Å². The van der Waals surface area contributed by atoms with Crippen molar-refractivity contribution in [1.29, 1.82) is 0 Å². The predicted octanol–water partition coefficient (Wildman–Crippen LogP) is 3.79. The minimum Gasteiger partial charge on any atom is -0.369 e. The van der Waals surface area contributed by atoms with Gasteiger partial charge in [-0.25, -0.2) is 4.39 Å². The molecule has 0 aromatic heterocycles. The molecule has 4 heteroatoms. The Hall–Kier alpha value is -1.58. The molecule has 0 saturated carbocycles. The van der Waals surface area contributed by atoms with Gasteiger partial charge in [0.25, 0.3) is 0 Å². The molecule has 2 rings (SSSR count). The van der Waals surface area contributed by atoms with Crippen molar-refractivity contribution in [2.75, 3.05) is 11.4 Å². The Bertz CT molecular complexity index is 495. The van der Waals surface area contributed by atoms with Crippen LogP contribution in [0, 0.1) is 17.7 Å². The van der Waals surface area contributed by atoms with Crippen LogP contribution in [0.2, 0.25) is 0 Å². The summed E-state index contributed by atoms with van der Waals surface area (Å²) in [6, 6.07) is 6.55. The number of nitrogens with two attached hydrogens (primary N) is 1. The van der Waals surface area contributed by atoms with E-state index in [1.807, 2.05) is 0 Å². The van der Waals surface area contributed by atoms with Crippen LogP contribution < -0.4 is 10.6 Å². The smallest absolute Gasteiger partial charge is 0.196 e. The first-order valence-electron chi connectivity index (χ1n) is 7.70. The van der Waals surface area contributed by atoms with Crippen molar-refractivity contribution in [1.82, 2.24) is 0 Å². The molecule has 0 atom stereocenters. The van der Waals surface area contributed by atoms with Gasteiger partial charge in [0.1, 0.15) is 5.82 Å². The lowest BCUT2D eigenvalue weighted by molar-refractivity contribution is 0.304. The normalized spacial score (nSPS) is 17.7. The van der Waals surface area contributed by atoms with E-state index < -0.39 is 0 Å². The first kappa shape index (κ1) is 15.8. The fourth-order valence-electron chi connectivity index (χ4n) is 3.52. The van der Waals surface area contributed by atoms with E-state index in [0.29, 0.717) is 24.3 Å². The van der Waals surface area contributed by atoms with E-state index in [4.69, 9.17) is 5.73 Å². The van der Waals surface area contributed by atoms with Gasteiger partial charge in [-0.1, -0.05) is 27.7 Å². The van der Waals surface area contributed by atoms with Gasteiger partial charge in [0, 0.05) is 5.69 Å². The number of hydrogen-bond donors (Lipinski definition) is 1. The lowest BCUT2D eigenvalue weighted by Gasteiger charge is -2.42. The Balaban J connectivity index is 2.40. The van der Waals surface area contributed by atoms with Crippen LogP contribution in [0.5, 0.6) is 0 Å². The van der Waals surface area contributed by atoms with E-state index in [0.717, 1.165) is 18.5 Å². The lowest BCUT2D eigenvalue weighted by atomic mass is 9.81. The SMILES string of the molecule is CC(C)CC1(CC(C)C)CN=C(N)N1c1ccc(F)cc1. The van der Waals surface area contributed by atoms with Gasteiger partial charge in [-0.15, -0.1) is 0 Å². The van der Waals surface area contributed by atoms with Gasteiger partial charge < -0.3 is 10.6 Å². The number of hydrogen-bond acceptors (Lipinski definition) is 3. The summed E-state index contributed by atoms with van der Waals surface area (Å²) >= 11 is 0. The molecular weight excluding hydrogens is 265 g/mol. The zero-order chi connectivity index (χ0) is 15.6. The quantitative estimate of drug-likeness (QED) is 0.896. The fourth-order valence-corrected chi connectivity index (χ4v) is 3.52. The standard InChI is InChI=1S/C17H26FN3/c1-12(2)9-17(10-13(3)4)11-20-16(19)21(17)15-7-5-14(18)6-8-15/h5-8,12-13H,9-11H2,1-4H3,(H2,19,20). The molecule has 0 spiro atoms. The largest absolute Gasteiger partial charge is 0.369 e. The molecule has 1 aliphatic rings. The number of aliphatic imine (C=N–C) groups is 1. The van der Waals surface area contributed by atoms with Crippen LogP contribution in [0.1, 0.15) is 40.5 Å². The van der Waals surface area contributed by atoms with Crippen molar-refractivity contribution in [3.05, 3.63) is 30.1 Å². The summed E-state index contributed by atoms with van der Waals surface area (Å²) in [5.41, 5.74) is 6.99. The molecule has 0 amide bonds. The molecule has 116 valence electrons. The topological polar surface area (TPSA) is 41.6 Å². The molecule has 1 heterocycles. The number of halogens is 1. The molecule has 0 radical (unpaired) electrons. The summed E-state index contributed by atoms with van der Waals surface area (Å²) in [5, 5.41) is 0. The Morgan fingerprint density at radius 2 is 1.67 bits per heavy atom. The maximum Gasteiger partial charge on any atom is 0.196 e. The van der Waals surface area contributed by atoms with E-state index in [-0.39, 0.29) is 11.4 Å². The highest BCUT2D eigenvalue weighted by Crippen LogP contribution is 2.38. The molecule has 0 unspecified atom stereocenters. The first-order valence-corrected chi connectivity index (χ1v) is 7.70. The fraction of sp³-hybridized carbons (Fsp3) is 0.588. The molecular formula is C17H26FN3. The highest BCUT2D eigenvalue weighted by molar-refractivity contribution is 5.98. The summed E-state index contributed by atoms with van der Waals surface area (Å²) in [7, 11) is 0. The number of anilines is 1. The Labute approximate surface area is 127 Å². The number of nitrogens with zero attached hydrogens (tertiary/aromatic N) is 2. The third-order valence-electron chi connectivity index (χ3n) is 3.90. The van der Waals surface area contributed by atoms with Gasteiger partial charge >= 0.3 is 0 Å². The monoisotopic (exact) mass is 291 g/mol. The zero-order valence-electron chi connectivity index (χ0n) is 13.4. The molecule has 21 heavy (non-hydrogen) atoms. The second kappa shape index (κ2) is 6.04. The summed E-state index contributed by atoms with van der Waals surface area (Å²) < 4.78 is 13.2. The Kier molecular flexibility index (Phi) is 4.55. The van der Waals surface area contributed by atoms with Crippen molar-refractivity contribution in [3.63, 3.8) is 0 Å². The van der Waals surface area contributed by atoms with Crippen molar-refractivity contribution in [2.45, 2.75) is 46.1 Å². The van der Waals surface area contributed by atoms with Gasteiger partial charge in [-0.05, 0) is 48.9 Å². The van der Waals surface area contributed by atoms with Gasteiger partial charge in [0.15, 0.2) is 5.96 Å². The van der Waals surface area contributed by atoms with E-state index in [1.54, 1.807) is 12.1 Å². The minimum atomic E-state index is -0.230. The second-order valence-corrected chi connectivity index (χ2v) is 6.91.